The molecule has 1 saturated carbocycles. The summed E-state index contributed by atoms with van der Waals surface area (Å²) in [5.41, 5.74) is 2.07. The van der Waals surface area contributed by atoms with Crippen LogP contribution < -0.4 is 0 Å². The van der Waals surface area contributed by atoms with Crippen LogP contribution in [0.3, 0.4) is 0 Å². The van der Waals surface area contributed by atoms with Gasteiger partial charge in [0.25, 0.3) is 0 Å². The van der Waals surface area contributed by atoms with E-state index in [9.17, 15) is 0 Å². The van der Waals surface area contributed by atoms with Gasteiger partial charge >= 0.3 is 0 Å². The topological polar surface area (TPSA) is 9.23 Å². The predicted octanol–water partition coefficient (Wildman–Crippen LogP) is 10.5. The molecular weight excluding hydrogens is 412 g/mol. The van der Waals surface area contributed by atoms with E-state index in [1.54, 1.807) is 5.57 Å². The van der Waals surface area contributed by atoms with Crippen molar-refractivity contribution in [2.75, 3.05) is 0 Å². The summed E-state index contributed by atoms with van der Waals surface area (Å²) >= 11 is 0. The first-order valence-corrected chi connectivity index (χ1v) is 15.1. The SMILES string of the molecule is CCC(C)(CC)CC(CC)(CC)OC(CC)(CC)CC(CC)(CC)C1=CC2C(C)C(C=C1)C2C. The number of hydrogen-bond donors (Lipinski definition) is 0. The molecule has 0 aromatic carbocycles. The standard InChI is InChI=1S/C33H60O/c1-12-30(11,13-2)23-32(16-5,17-6)34-33(18-7,19-8)24-31(14-3,15-4)27-20-21-28-25(9)29(22-27)26(28)10/h20-22,25-26,28-29H,12-19,23-24H2,1-11H3. The van der Waals surface area contributed by atoms with Crippen molar-refractivity contribution in [3.8, 4) is 0 Å². The Balaban J connectivity index is 2.46. The van der Waals surface area contributed by atoms with Crippen LogP contribution in [-0.4, -0.2) is 11.2 Å². The van der Waals surface area contributed by atoms with Crippen molar-refractivity contribution in [3.63, 3.8) is 0 Å². The Morgan fingerprint density at radius 2 is 1.12 bits per heavy atom. The highest BCUT2D eigenvalue weighted by Crippen LogP contribution is 2.55. The first-order chi connectivity index (χ1) is 16.0. The zero-order chi connectivity index (χ0) is 25.8. The molecule has 0 spiro atoms. The number of fused-ring (bicyclic) bond motifs is 1. The maximum Gasteiger partial charge on any atom is 0.0693 e. The van der Waals surface area contributed by atoms with Crippen LogP contribution in [0.4, 0.5) is 0 Å². The molecule has 3 aliphatic rings. The second-order valence-corrected chi connectivity index (χ2v) is 12.6. The van der Waals surface area contributed by atoms with E-state index >= 15 is 0 Å². The molecule has 34 heavy (non-hydrogen) atoms. The third-order valence-electron chi connectivity index (χ3n) is 11.4. The van der Waals surface area contributed by atoms with Gasteiger partial charge in [0.05, 0.1) is 11.2 Å². The lowest BCUT2D eigenvalue weighted by atomic mass is 9.58. The van der Waals surface area contributed by atoms with Gasteiger partial charge in [0.2, 0.25) is 0 Å². The summed E-state index contributed by atoms with van der Waals surface area (Å²) in [4.78, 5) is 0. The predicted molar refractivity (Wildman–Crippen MR) is 151 cm³/mol. The highest BCUT2D eigenvalue weighted by atomic mass is 16.5. The van der Waals surface area contributed by atoms with Crippen LogP contribution in [0.5, 0.6) is 0 Å². The summed E-state index contributed by atoms with van der Waals surface area (Å²) in [6.45, 7) is 26.5. The Hall–Kier alpha value is -0.560. The van der Waals surface area contributed by atoms with Crippen LogP contribution in [0, 0.1) is 34.5 Å². The molecule has 0 aromatic rings. The van der Waals surface area contributed by atoms with Gasteiger partial charge in [-0.1, -0.05) is 107 Å². The average molecular weight is 473 g/mol. The van der Waals surface area contributed by atoms with Gasteiger partial charge in [-0.3, -0.25) is 0 Å². The molecule has 2 unspecified atom stereocenters. The van der Waals surface area contributed by atoms with E-state index in [1.807, 2.05) is 0 Å². The maximum atomic E-state index is 7.53. The molecule has 1 fully saturated rings. The van der Waals surface area contributed by atoms with Gasteiger partial charge in [-0.15, -0.1) is 0 Å². The largest absolute Gasteiger partial charge is 0.369 e. The highest BCUT2D eigenvalue weighted by molar-refractivity contribution is 5.34. The number of hydrogen-bond acceptors (Lipinski definition) is 1. The van der Waals surface area contributed by atoms with E-state index in [-0.39, 0.29) is 16.6 Å². The molecule has 3 rings (SSSR count). The second kappa shape index (κ2) is 11.7. The van der Waals surface area contributed by atoms with Crippen LogP contribution in [0.2, 0.25) is 0 Å². The quantitative estimate of drug-likeness (QED) is 0.230. The van der Waals surface area contributed by atoms with Crippen LogP contribution >= 0.6 is 0 Å². The zero-order valence-corrected chi connectivity index (χ0v) is 25.0. The van der Waals surface area contributed by atoms with Gasteiger partial charge in [0.1, 0.15) is 0 Å². The average Bonchev–Trinajstić information content (AvgIpc) is 3.17. The monoisotopic (exact) mass is 472 g/mol. The van der Waals surface area contributed by atoms with Crippen molar-refractivity contribution >= 4 is 0 Å². The second-order valence-electron chi connectivity index (χ2n) is 12.6. The van der Waals surface area contributed by atoms with Crippen molar-refractivity contribution in [1.82, 2.24) is 0 Å². The minimum atomic E-state index is -0.0679. The molecule has 0 N–H and O–H groups in total. The fraction of sp³-hybridized carbons (Fsp3) is 0.879. The van der Waals surface area contributed by atoms with Gasteiger partial charge in [0.15, 0.2) is 0 Å². The normalized spacial score (nSPS) is 25.7. The maximum absolute atomic E-state index is 7.53. The summed E-state index contributed by atoms with van der Waals surface area (Å²) < 4.78 is 7.53. The molecule has 2 bridgehead atoms. The first-order valence-electron chi connectivity index (χ1n) is 15.1. The summed E-state index contributed by atoms with van der Waals surface area (Å²) in [6.07, 6.45) is 19.3. The highest BCUT2D eigenvalue weighted by Gasteiger charge is 2.48. The van der Waals surface area contributed by atoms with E-state index < -0.39 is 0 Å². The number of allylic oxidation sites excluding steroid dienone is 4. The van der Waals surface area contributed by atoms with E-state index in [2.05, 4.69) is 94.4 Å². The Labute approximate surface area is 214 Å². The first kappa shape index (κ1) is 29.7. The van der Waals surface area contributed by atoms with E-state index in [4.69, 9.17) is 4.74 Å². The van der Waals surface area contributed by atoms with Crippen LogP contribution in [-0.2, 0) is 4.74 Å². The van der Waals surface area contributed by atoms with Gasteiger partial charge in [-0.05, 0) is 91.4 Å². The lowest BCUT2D eigenvalue weighted by Crippen LogP contribution is -2.49. The molecule has 0 aromatic heterocycles. The van der Waals surface area contributed by atoms with Gasteiger partial charge < -0.3 is 4.74 Å². The summed E-state index contributed by atoms with van der Waals surface area (Å²) in [6, 6.07) is 0. The van der Waals surface area contributed by atoms with Gasteiger partial charge in [0, 0.05) is 0 Å². The fourth-order valence-corrected chi connectivity index (χ4v) is 7.54. The summed E-state index contributed by atoms with van der Waals surface area (Å²) in [5.74, 6) is 3.09. The zero-order valence-electron chi connectivity index (χ0n) is 25.0. The number of ether oxygens (including phenoxy) is 1. The van der Waals surface area contributed by atoms with Crippen molar-refractivity contribution < 1.29 is 4.74 Å². The number of rotatable bonds is 15. The molecule has 0 aliphatic heterocycles. The van der Waals surface area contributed by atoms with E-state index in [0.29, 0.717) is 5.41 Å². The lowest BCUT2D eigenvalue weighted by Gasteiger charge is -2.50. The Kier molecular flexibility index (Phi) is 10.2. The smallest absolute Gasteiger partial charge is 0.0693 e. The Bertz CT molecular complexity index is 671. The van der Waals surface area contributed by atoms with Crippen LogP contribution in [0.25, 0.3) is 0 Å². The van der Waals surface area contributed by atoms with E-state index in [1.165, 1.54) is 32.1 Å². The van der Waals surface area contributed by atoms with Crippen molar-refractivity contribution in [1.29, 1.82) is 0 Å². The molecule has 3 aliphatic carbocycles. The Morgan fingerprint density at radius 1 is 0.647 bits per heavy atom. The molecule has 0 amide bonds. The van der Waals surface area contributed by atoms with Crippen LogP contribution in [0.1, 0.15) is 140 Å². The minimum absolute atomic E-state index is 0.0295. The van der Waals surface area contributed by atoms with Gasteiger partial charge in [-0.25, -0.2) is 0 Å². The fourth-order valence-electron chi connectivity index (χ4n) is 7.54. The molecule has 0 heterocycles. The molecule has 0 radical (unpaired) electrons. The summed E-state index contributed by atoms with van der Waals surface area (Å²) in [5, 5.41) is 0. The van der Waals surface area contributed by atoms with Crippen molar-refractivity contribution in [3.05, 3.63) is 23.8 Å². The van der Waals surface area contributed by atoms with E-state index in [0.717, 1.165) is 55.8 Å². The molecule has 0 saturated heterocycles. The molecular formula is C33H60O. The third-order valence-corrected chi connectivity index (χ3v) is 11.4. The summed E-state index contributed by atoms with van der Waals surface area (Å²) in [7, 11) is 0. The van der Waals surface area contributed by atoms with Gasteiger partial charge in [-0.2, -0.15) is 0 Å². The van der Waals surface area contributed by atoms with Crippen LogP contribution in [0.15, 0.2) is 23.8 Å². The lowest BCUT2D eigenvalue weighted by molar-refractivity contribution is -0.192. The third kappa shape index (κ3) is 5.55. The molecule has 1 heteroatoms. The molecule has 1 nitrogen and oxygen atoms in total. The molecule has 198 valence electrons. The molecule has 2 atom stereocenters. The minimum Gasteiger partial charge on any atom is -0.369 e. The van der Waals surface area contributed by atoms with Crippen molar-refractivity contribution in [2.24, 2.45) is 34.5 Å². The van der Waals surface area contributed by atoms with Crippen molar-refractivity contribution in [2.45, 2.75) is 152 Å². The Morgan fingerprint density at radius 3 is 1.53 bits per heavy atom.